The number of nitrogens with zero attached hydrogens (tertiary/aromatic N) is 2. The average Bonchev–Trinajstić information content (AvgIpc) is 2.38. The summed E-state index contributed by atoms with van der Waals surface area (Å²) in [5.74, 6) is 0. The molecule has 3 nitrogen and oxygen atoms in total. The zero-order chi connectivity index (χ0) is 13.0. The predicted molar refractivity (Wildman–Crippen MR) is 78.2 cm³/mol. The monoisotopic (exact) mass is 310 g/mol. The Bertz CT molecular complexity index is 414. The van der Waals surface area contributed by atoms with Gasteiger partial charge in [0.15, 0.2) is 0 Å². The third-order valence-corrected chi connectivity index (χ3v) is 4.04. The topological polar surface area (TPSA) is 23.6 Å². The highest BCUT2D eigenvalue weighted by Crippen LogP contribution is 2.28. The van der Waals surface area contributed by atoms with Crippen LogP contribution in [0.5, 0.6) is 0 Å². The van der Waals surface area contributed by atoms with E-state index in [1.807, 2.05) is 0 Å². The molecule has 0 saturated carbocycles. The predicted octanol–water partition coefficient (Wildman–Crippen LogP) is 2.33. The number of hydrogen-bond acceptors (Lipinski definition) is 3. The van der Waals surface area contributed by atoms with Gasteiger partial charge in [-0.2, -0.15) is 0 Å². The van der Waals surface area contributed by atoms with Gasteiger partial charge in [-0.05, 0) is 47.1 Å². The van der Waals surface area contributed by atoms with Gasteiger partial charge in [-0.25, -0.2) is 0 Å². The van der Waals surface area contributed by atoms with Crippen molar-refractivity contribution in [3.63, 3.8) is 0 Å². The van der Waals surface area contributed by atoms with Crippen LogP contribution in [0.3, 0.4) is 0 Å². The van der Waals surface area contributed by atoms with E-state index in [1.165, 1.54) is 11.3 Å². The molecule has 0 amide bonds. The Labute approximate surface area is 117 Å². The normalized spacial score (nSPS) is 16.9. The Balaban J connectivity index is 2.07. The number of hydrogen-bond donors (Lipinski definition) is 0. The summed E-state index contributed by atoms with van der Waals surface area (Å²) in [5, 5.41) is 0. The van der Waals surface area contributed by atoms with Crippen LogP contribution in [0.2, 0.25) is 0 Å². The van der Waals surface area contributed by atoms with Crippen LogP contribution in [0, 0.1) is 0 Å². The SMILES string of the molecule is CN1CCN(c2ccc(CCC=O)cc2Br)CC1. The molecule has 0 N–H and O–H groups in total. The average molecular weight is 311 g/mol. The van der Waals surface area contributed by atoms with Gasteiger partial charge in [0, 0.05) is 37.1 Å². The van der Waals surface area contributed by atoms with Gasteiger partial charge in [-0.15, -0.1) is 0 Å². The second kappa shape index (κ2) is 6.34. The zero-order valence-corrected chi connectivity index (χ0v) is 12.3. The largest absolute Gasteiger partial charge is 0.368 e. The van der Waals surface area contributed by atoms with Crippen molar-refractivity contribution in [2.75, 3.05) is 38.1 Å². The number of anilines is 1. The number of halogens is 1. The first-order chi connectivity index (χ1) is 8.70. The number of likely N-dealkylation sites (N-methyl/N-ethyl adjacent to an activating group) is 1. The number of piperazine rings is 1. The zero-order valence-electron chi connectivity index (χ0n) is 10.7. The molecular formula is C14H19BrN2O. The van der Waals surface area contributed by atoms with Gasteiger partial charge in [0.05, 0.1) is 5.69 Å². The molecule has 0 aliphatic carbocycles. The second-order valence-electron chi connectivity index (χ2n) is 4.78. The molecule has 1 aromatic carbocycles. The lowest BCUT2D eigenvalue weighted by molar-refractivity contribution is -0.107. The van der Waals surface area contributed by atoms with E-state index in [4.69, 9.17) is 0 Å². The first-order valence-electron chi connectivity index (χ1n) is 6.36. The van der Waals surface area contributed by atoms with Gasteiger partial charge in [0.25, 0.3) is 0 Å². The molecule has 1 saturated heterocycles. The number of carbonyl (C=O) groups excluding carboxylic acids is 1. The summed E-state index contributed by atoms with van der Waals surface area (Å²) in [4.78, 5) is 15.1. The summed E-state index contributed by atoms with van der Waals surface area (Å²) in [6, 6.07) is 6.43. The van der Waals surface area contributed by atoms with Gasteiger partial charge >= 0.3 is 0 Å². The summed E-state index contributed by atoms with van der Waals surface area (Å²) in [6.45, 7) is 4.37. The lowest BCUT2D eigenvalue weighted by Crippen LogP contribution is -2.44. The molecule has 2 rings (SSSR count). The maximum absolute atomic E-state index is 10.4. The minimum atomic E-state index is 0.598. The maximum Gasteiger partial charge on any atom is 0.120 e. The Kier molecular flexibility index (Phi) is 4.78. The third kappa shape index (κ3) is 3.33. The van der Waals surface area contributed by atoms with Crippen LogP contribution >= 0.6 is 15.9 Å². The molecule has 1 fully saturated rings. The van der Waals surface area contributed by atoms with Crippen LogP contribution in [0.25, 0.3) is 0 Å². The van der Waals surface area contributed by atoms with Crippen molar-refractivity contribution in [3.8, 4) is 0 Å². The highest BCUT2D eigenvalue weighted by molar-refractivity contribution is 9.10. The smallest absolute Gasteiger partial charge is 0.120 e. The Morgan fingerprint density at radius 2 is 2.00 bits per heavy atom. The number of carbonyl (C=O) groups is 1. The van der Waals surface area contributed by atoms with E-state index >= 15 is 0 Å². The van der Waals surface area contributed by atoms with E-state index in [0.29, 0.717) is 6.42 Å². The minimum Gasteiger partial charge on any atom is -0.368 e. The number of aryl methyl sites for hydroxylation is 1. The molecule has 0 atom stereocenters. The van der Waals surface area contributed by atoms with Gasteiger partial charge in [-0.1, -0.05) is 6.07 Å². The van der Waals surface area contributed by atoms with E-state index in [9.17, 15) is 4.79 Å². The van der Waals surface area contributed by atoms with Crippen LogP contribution in [0.1, 0.15) is 12.0 Å². The van der Waals surface area contributed by atoms with E-state index in [0.717, 1.165) is 43.4 Å². The molecule has 0 unspecified atom stereocenters. The van der Waals surface area contributed by atoms with Crippen molar-refractivity contribution in [3.05, 3.63) is 28.2 Å². The molecule has 4 heteroatoms. The van der Waals surface area contributed by atoms with Crippen LogP contribution in [-0.4, -0.2) is 44.4 Å². The standard InChI is InChI=1S/C14H19BrN2O/c1-16-6-8-17(9-7-16)14-5-4-12(3-2-10-18)11-13(14)15/h4-5,10-11H,2-3,6-9H2,1H3. The van der Waals surface area contributed by atoms with Crippen LogP contribution in [-0.2, 0) is 11.2 Å². The fourth-order valence-corrected chi connectivity index (χ4v) is 2.91. The highest BCUT2D eigenvalue weighted by Gasteiger charge is 2.16. The van der Waals surface area contributed by atoms with Crippen molar-refractivity contribution in [1.29, 1.82) is 0 Å². The summed E-state index contributed by atoms with van der Waals surface area (Å²) >= 11 is 3.65. The Hall–Kier alpha value is -0.870. The van der Waals surface area contributed by atoms with Crippen molar-refractivity contribution >= 4 is 27.9 Å². The van der Waals surface area contributed by atoms with Crippen LogP contribution in [0.4, 0.5) is 5.69 Å². The molecule has 0 spiro atoms. The number of rotatable bonds is 4. The summed E-state index contributed by atoms with van der Waals surface area (Å²) in [5.41, 5.74) is 2.48. The highest BCUT2D eigenvalue weighted by atomic mass is 79.9. The molecule has 0 bridgehead atoms. The Morgan fingerprint density at radius 1 is 1.28 bits per heavy atom. The van der Waals surface area contributed by atoms with E-state index < -0.39 is 0 Å². The van der Waals surface area contributed by atoms with Gasteiger partial charge in [-0.3, -0.25) is 0 Å². The second-order valence-corrected chi connectivity index (χ2v) is 5.64. The fraction of sp³-hybridized carbons (Fsp3) is 0.500. The van der Waals surface area contributed by atoms with E-state index in [1.54, 1.807) is 0 Å². The molecular weight excluding hydrogens is 292 g/mol. The lowest BCUT2D eigenvalue weighted by Gasteiger charge is -2.34. The maximum atomic E-state index is 10.4. The lowest BCUT2D eigenvalue weighted by atomic mass is 10.1. The first-order valence-corrected chi connectivity index (χ1v) is 7.15. The van der Waals surface area contributed by atoms with Crippen molar-refractivity contribution < 1.29 is 4.79 Å². The molecule has 0 radical (unpaired) electrons. The molecule has 1 aliphatic rings. The summed E-state index contributed by atoms with van der Waals surface area (Å²) in [7, 11) is 2.16. The van der Waals surface area contributed by atoms with Gasteiger partial charge in [0.2, 0.25) is 0 Å². The third-order valence-electron chi connectivity index (χ3n) is 3.41. The van der Waals surface area contributed by atoms with Gasteiger partial charge in [0.1, 0.15) is 6.29 Å². The number of benzene rings is 1. The summed E-state index contributed by atoms with van der Waals surface area (Å²) < 4.78 is 1.13. The van der Waals surface area contributed by atoms with Crippen LogP contribution in [0.15, 0.2) is 22.7 Å². The quantitative estimate of drug-likeness (QED) is 0.798. The number of aldehydes is 1. The van der Waals surface area contributed by atoms with Crippen molar-refractivity contribution in [1.82, 2.24) is 4.90 Å². The van der Waals surface area contributed by atoms with Gasteiger partial charge < -0.3 is 14.6 Å². The fourth-order valence-electron chi connectivity index (χ4n) is 2.24. The molecule has 1 heterocycles. The van der Waals surface area contributed by atoms with E-state index in [-0.39, 0.29) is 0 Å². The molecule has 1 aromatic rings. The first kappa shape index (κ1) is 13.6. The van der Waals surface area contributed by atoms with E-state index in [2.05, 4.69) is 51.0 Å². The van der Waals surface area contributed by atoms with Crippen LogP contribution < -0.4 is 4.90 Å². The molecule has 1 aliphatic heterocycles. The molecule has 18 heavy (non-hydrogen) atoms. The molecule has 0 aromatic heterocycles. The molecule has 98 valence electrons. The van der Waals surface area contributed by atoms with Crippen molar-refractivity contribution in [2.45, 2.75) is 12.8 Å². The van der Waals surface area contributed by atoms with Crippen molar-refractivity contribution in [2.24, 2.45) is 0 Å². The Morgan fingerprint density at radius 3 is 2.61 bits per heavy atom. The summed E-state index contributed by atoms with van der Waals surface area (Å²) in [6.07, 6.45) is 2.40. The minimum absolute atomic E-state index is 0.598.